The molecule has 2 rings (SSSR count). The smallest absolute Gasteiger partial charge is 0.343 e. The Balaban J connectivity index is 2.11. The molecule has 2 N–H and O–H groups in total. The van der Waals surface area contributed by atoms with Crippen molar-refractivity contribution < 1.29 is 14.3 Å². The van der Waals surface area contributed by atoms with Crippen molar-refractivity contribution in [3.63, 3.8) is 0 Å². The minimum Gasteiger partial charge on any atom is -0.490 e. The summed E-state index contributed by atoms with van der Waals surface area (Å²) in [6.45, 7) is 4.97. The molecule has 2 aromatic rings. The summed E-state index contributed by atoms with van der Waals surface area (Å²) >= 11 is 5.03. The molecule has 0 unspecified atom stereocenters. The Morgan fingerprint density at radius 2 is 1.92 bits per heavy atom. The van der Waals surface area contributed by atoms with Gasteiger partial charge in [-0.15, -0.1) is 0 Å². The Kier molecular flexibility index (Phi) is 7.57. The fourth-order valence-electron chi connectivity index (χ4n) is 2.06. The molecule has 6 nitrogen and oxygen atoms in total. The van der Waals surface area contributed by atoms with Crippen LogP contribution in [0.4, 0.5) is 0 Å². The number of nitrogens with one attached hydrogen (secondary N) is 2. The highest BCUT2D eigenvalue weighted by molar-refractivity contribution is 7.80. The molecule has 0 spiro atoms. The van der Waals surface area contributed by atoms with Gasteiger partial charge in [0.2, 0.25) is 0 Å². The van der Waals surface area contributed by atoms with Gasteiger partial charge in [0.15, 0.2) is 16.6 Å². The molecule has 0 aliphatic heterocycles. The lowest BCUT2D eigenvalue weighted by Gasteiger charge is -2.11. The van der Waals surface area contributed by atoms with E-state index < -0.39 is 5.97 Å². The first kappa shape index (κ1) is 19.4. The van der Waals surface area contributed by atoms with Gasteiger partial charge in [-0.25, -0.2) is 4.79 Å². The number of benzene rings is 2. The van der Waals surface area contributed by atoms with Crippen molar-refractivity contribution >= 4 is 29.5 Å². The zero-order valence-electron chi connectivity index (χ0n) is 14.7. The molecule has 136 valence electrons. The van der Waals surface area contributed by atoms with Gasteiger partial charge in [0.05, 0.1) is 18.4 Å². The maximum absolute atomic E-state index is 12.2. The molecule has 26 heavy (non-hydrogen) atoms. The standard InChI is InChI=1S/C19H21N3O3S/c1-3-20-19(26)22-21-13-14-10-11-16(17(12-14)24-4-2)25-18(23)15-8-6-5-7-9-15/h5-13H,3-4H2,1-2H3,(H2,20,22,26). The van der Waals surface area contributed by atoms with Crippen LogP contribution < -0.4 is 20.2 Å². The number of thiocarbonyl (C=S) groups is 1. The van der Waals surface area contributed by atoms with Crippen LogP contribution in [-0.2, 0) is 0 Å². The van der Waals surface area contributed by atoms with Crippen molar-refractivity contribution in [2.75, 3.05) is 13.2 Å². The number of rotatable bonds is 7. The number of ether oxygens (including phenoxy) is 2. The van der Waals surface area contributed by atoms with Gasteiger partial charge in [-0.2, -0.15) is 5.10 Å². The third kappa shape index (κ3) is 5.86. The van der Waals surface area contributed by atoms with Gasteiger partial charge in [-0.05, 0) is 62.0 Å². The van der Waals surface area contributed by atoms with Crippen LogP contribution in [0, 0.1) is 0 Å². The average molecular weight is 371 g/mol. The molecule has 2 aromatic carbocycles. The fourth-order valence-corrected chi connectivity index (χ4v) is 2.25. The summed E-state index contributed by atoms with van der Waals surface area (Å²) in [6, 6.07) is 14.0. The van der Waals surface area contributed by atoms with Crippen LogP contribution in [0.3, 0.4) is 0 Å². The molecule has 0 aliphatic carbocycles. The highest BCUT2D eigenvalue weighted by Gasteiger charge is 2.12. The largest absolute Gasteiger partial charge is 0.490 e. The maximum atomic E-state index is 12.2. The lowest BCUT2D eigenvalue weighted by molar-refractivity contribution is 0.0728. The van der Waals surface area contributed by atoms with Gasteiger partial charge in [0.1, 0.15) is 0 Å². The summed E-state index contributed by atoms with van der Waals surface area (Å²) in [5.41, 5.74) is 3.97. The average Bonchev–Trinajstić information content (AvgIpc) is 2.65. The minimum atomic E-state index is -0.439. The van der Waals surface area contributed by atoms with Crippen molar-refractivity contribution in [1.29, 1.82) is 0 Å². The van der Waals surface area contributed by atoms with Crippen molar-refractivity contribution in [1.82, 2.24) is 10.7 Å². The Morgan fingerprint density at radius 1 is 1.15 bits per heavy atom. The van der Waals surface area contributed by atoms with Crippen LogP contribution in [0.2, 0.25) is 0 Å². The normalized spacial score (nSPS) is 10.4. The van der Waals surface area contributed by atoms with Crippen LogP contribution in [0.15, 0.2) is 53.6 Å². The second-order valence-electron chi connectivity index (χ2n) is 5.12. The predicted molar refractivity (Wildman–Crippen MR) is 106 cm³/mol. The van der Waals surface area contributed by atoms with E-state index in [9.17, 15) is 4.79 Å². The number of carbonyl (C=O) groups is 1. The summed E-state index contributed by atoms with van der Waals surface area (Å²) in [4.78, 5) is 12.2. The first-order valence-corrected chi connectivity index (χ1v) is 8.65. The summed E-state index contributed by atoms with van der Waals surface area (Å²) in [6.07, 6.45) is 1.61. The van der Waals surface area contributed by atoms with E-state index in [1.54, 1.807) is 48.7 Å². The van der Waals surface area contributed by atoms with Crippen LogP contribution in [0.1, 0.15) is 29.8 Å². The third-order valence-electron chi connectivity index (χ3n) is 3.20. The number of hydrazone groups is 1. The van der Waals surface area contributed by atoms with Crippen molar-refractivity contribution in [3.8, 4) is 11.5 Å². The second-order valence-corrected chi connectivity index (χ2v) is 5.53. The highest BCUT2D eigenvalue weighted by atomic mass is 32.1. The van der Waals surface area contributed by atoms with Crippen molar-refractivity contribution in [2.24, 2.45) is 5.10 Å². The summed E-state index contributed by atoms with van der Waals surface area (Å²) in [7, 11) is 0. The number of carbonyl (C=O) groups excluding carboxylic acids is 1. The van der Waals surface area contributed by atoms with Gasteiger partial charge in [-0.1, -0.05) is 18.2 Å². The Hall–Kier alpha value is -2.93. The van der Waals surface area contributed by atoms with Crippen LogP contribution in [0.25, 0.3) is 0 Å². The van der Waals surface area contributed by atoms with Gasteiger partial charge in [0.25, 0.3) is 0 Å². The van der Waals surface area contributed by atoms with E-state index in [-0.39, 0.29) is 0 Å². The van der Waals surface area contributed by atoms with Crippen molar-refractivity contribution in [2.45, 2.75) is 13.8 Å². The van der Waals surface area contributed by atoms with Crippen LogP contribution >= 0.6 is 12.2 Å². The summed E-state index contributed by atoms with van der Waals surface area (Å²) in [5.74, 6) is 0.384. The predicted octanol–water partition coefficient (Wildman–Crippen LogP) is 3.12. The van der Waals surface area contributed by atoms with Gasteiger partial charge in [-0.3, -0.25) is 5.43 Å². The van der Waals surface area contributed by atoms with E-state index in [4.69, 9.17) is 21.7 Å². The molecule has 0 amide bonds. The lowest BCUT2D eigenvalue weighted by atomic mass is 10.2. The van der Waals surface area contributed by atoms with Gasteiger partial charge in [0, 0.05) is 6.54 Å². The molecule has 0 aromatic heterocycles. The quantitative estimate of drug-likeness (QED) is 0.256. The Bertz CT molecular complexity index is 779. The Labute approximate surface area is 158 Å². The summed E-state index contributed by atoms with van der Waals surface area (Å²) < 4.78 is 11.0. The molecule has 0 saturated carbocycles. The van der Waals surface area contributed by atoms with E-state index in [1.807, 2.05) is 19.9 Å². The van der Waals surface area contributed by atoms with E-state index in [0.717, 1.165) is 12.1 Å². The van der Waals surface area contributed by atoms with Gasteiger partial charge < -0.3 is 14.8 Å². The van der Waals surface area contributed by atoms with Crippen LogP contribution in [-0.4, -0.2) is 30.4 Å². The zero-order chi connectivity index (χ0) is 18.8. The molecule has 0 fully saturated rings. The first-order chi connectivity index (χ1) is 12.6. The molecular formula is C19H21N3O3S. The second kappa shape index (κ2) is 10.1. The van der Waals surface area contributed by atoms with E-state index in [0.29, 0.717) is 28.8 Å². The van der Waals surface area contributed by atoms with E-state index >= 15 is 0 Å². The minimum absolute atomic E-state index is 0.356. The van der Waals surface area contributed by atoms with E-state index in [2.05, 4.69) is 15.8 Å². The van der Waals surface area contributed by atoms with Gasteiger partial charge >= 0.3 is 5.97 Å². The maximum Gasteiger partial charge on any atom is 0.343 e. The fraction of sp³-hybridized carbons (Fsp3) is 0.211. The van der Waals surface area contributed by atoms with Crippen molar-refractivity contribution in [3.05, 3.63) is 59.7 Å². The topological polar surface area (TPSA) is 72.0 Å². The molecular weight excluding hydrogens is 350 g/mol. The molecule has 0 atom stereocenters. The highest BCUT2D eigenvalue weighted by Crippen LogP contribution is 2.28. The number of hydrogen-bond donors (Lipinski definition) is 2. The summed E-state index contributed by atoms with van der Waals surface area (Å²) in [5, 5.41) is 7.44. The lowest BCUT2D eigenvalue weighted by Crippen LogP contribution is -2.31. The third-order valence-corrected chi connectivity index (χ3v) is 3.43. The van der Waals surface area contributed by atoms with Crippen LogP contribution in [0.5, 0.6) is 11.5 Å². The first-order valence-electron chi connectivity index (χ1n) is 8.25. The molecule has 0 radical (unpaired) electrons. The monoisotopic (exact) mass is 371 g/mol. The Morgan fingerprint density at radius 3 is 2.62 bits per heavy atom. The molecule has 0 bridgehead atoms. The number of hydrogen-bond acceptors (Lipinski definition) is 5. The molecule has 0 heterocycles. The SMILES string of the molecule is CCNC(=S)NN=Cc1ccc(OC(=O)c2ccccc2)c(OCC)c1. The molecule has 0 saturated heterocycles. The molecule has 0 aliphatic rings. The van der Waals surface area contributed by atoms with E-state index in [1.165, 1.54) is 0 Å². The number of nitrogens with zero attached hydrogens (tertiary/aromatic N) is 1. The number of esters is 1. The molecule has 7 heteroatoms. The zero-order valence-corrected chi connectivity index (χ0v) is 15.5.